The second kappa shape index (κ2) is 6.51. The molecule has 0 saturated heterocycles. The average molecular weight is 302 g/mol. The molecule has 1 saturated carbocycles. The SMILES string of the molecule is CSC1CCC(n2c(N)nnc2SCC(=O)O)CC1. The number of aliphatic carboxylic acids is 1. The highest BCUT2D eigenvalue weighted by Gasteiger charge is 2.25. The average Bonchev–Trinajstić information content (AvgIpc) is 2.78. The van der Waals surface area contributed by atoms with Crippen LogP contribution in [0.3, 0.4) is 0 Å². The van der Waals surface area contributed by atoms with Gasteiger partial charge in [-0.25, -0.2) is 0 Å². The molecule has 0 radical (unpaired) electrons. The lowest BCUT2D eigenvalue weighted by molar-refractivity contribution is -0.133. The first kappa shape index (κ1) is 14.5. The number of hydrogen-bond donors (Lipinski definition) is 2. The van der Waals surface area contributed by atoms with Crippen LogP contribution < -0.4 is 5.73 Å². The van der Waals surface area contributed by atoms with Crippen LogP contribution in [0, 0.1) is 0 Å². The molecule has 0 unspecified atom stereocenters. The van der Waals surface area contributed by atoms with Gasteiger partial charge in [0.1, 0.15) is 0 Å². The number of anilines is 1. The molecule has 2 rings (SSSR count). The first-order valence-electron chi connectivity index (χ1n) is 6.19. The lowest BCUT2D eigenvalue weighted by Crippen LogP contribution is -2.21. The molecule has 0 aromatic carbocycles. The smallest absolute Gasteiger partial charge is 0.313 e. The minimum Gasteiger partial charge on any atom is -0.481 e. The van der Waals surface area contributed by atoms with Gasteiger partial charge in [0.15, 0.2) is 5.16 Å². The largest absolute Gasteiger partial charge is 0.481 e. The molecule has 1 heterocycles. The number of nitrogen functional groups attached to an aromatic ring is 1. The van der Waals surface area contributed by atoms with Crippen molar-refractivity contribution in [3.63, 3.8) is 0 Å². The van der Waals surface area contributed by atoms with Crippen molar-refractivity contribution in [3.05, 3.63) is 0 Å². The number of aromatic nitrogens is 3. The van der Waals surface area contributed by atoms with Gasteiger partial charge in [0.05, 0.1) is 5.75 Å². The van der Waals surface area contributed by atoms with Gasteiger partial charge in [-0.1, -0.05) is 11.8 Å². The molecule has 0 spiro atoms. The molecule has 0 aliphatic heterocycles. The molecular formula is C11H18N4O2S2. The first-order valence-corrected chi connectivity index (χ1v) is 8.47. The van der Waals surface area contributed by atoms with E-state index in [1.165, 1.54) is 11.8 Å². The highest BCUT2D eigenvalue weighted by atomic mass is 32.2. The van der Waals surface area contributed by atoms with Gasteiger partial charge in [-0.2, -0.15) is 11.8 Å². The van der Waals surface area contributed by atoms with Crippen LogP contribution in [-0.4, -0.2) is 43.1 Å². The van der Waals surface area contributed by atoms with E-state index in [9.17, 15) is 4.79 Å². The fourth-order valence-electron chi connectivity index (χ4n) is 2.40. The van der Waals surface area contributed by atoms with Crippen molar-refractivity contribution >= 4 is 35.4 Å². The summed E-state index contributed by atoms with van der Waals surface area (Å²) >= 11 is 3.09. The summed E-state index contributed by atoms with van der Waals surface area (Å²) in [6, 6.07) is 0.301. The van der Waals surface area contributed by atoms with Crippen molar-refractivity contribution in [2.24, 2.45) is 0 Å². The Bertz CT molecular complexity index is 444. The summed E-state index contributed by atoms with van der Waals surface area (Å²) in [6.07, 6.45) is 6.56. The second-order valence-corrected chi connectivity index (χ2v) is 6.64. The predicted octanol–water partition coefficient (Wildman–Crippen LogP) is 1.88. The van der Waals surface area contributed by atoms with Gasteiger partial charge in [-0.15, -0.1) is 10.2 Å². The molecule has 1 aliphatic rings. The molecule has 106 valence electrons. The van der Waals surface area contributed by atoms with Crippen molar-refractivity contribution in [2.75, 3.05) is 17.7 Å². The summed E-state index contributed by atoms with van der Waals surface area (Å²) in [5, 5.41) is 17.9. The van der Waals surface area contributed by atoms with Gasteiger partial charge in [-0.3, -0.25) is 9.36 Å². The van der Waals surface area contributed by atoms with Crippen LogP contribution in [0.25, 0.3) is 0 Å². The highest BCUT2D eigenvalue weighted by Crippen LogP contribution is 2.36. The standard InChI is InChI=1S/C11H18N4O2S2/c1-18-8-4-2-7(3-5-8)15-10(12)13-14-11(15)19-6-9(16)17/h7-8H,2-6H2,1H3,(H2,12,13)(H,16,17). The molecule has 1 aliphatic carbocycles. The summed E-state index contributed by atoms with van der Waals surface area (Å²) < 4.78 is 1.91. The molecule has 0 bridgehead atoms. The summed E-state index contributed by atoms with van der Waals surface area (Å²) in [7, 11) is 0. The van der Waals surface area contributed by atoms with Gasteiger partial charge < -0.3 is 10.8 Å². The van der Waals surface area contributed by atoms with E-state index < -0.39 is 5.97 Å². The molecule has 6 nitrogen and oxygen atoms in total. The Morgan fingerprint density at radius 3 is 2.68 bits per heavy atom. The molecule has 1 aromatic heterocycles. The summed E-state index contributed by atoms with van der Waals surface area (Å²) in [6.45, 7) is 0. The van der Waals surface area contributed by atoms with Crippen molar-refractivity contribution < 1.29 is 9.90 Å². The lowest BCUT2D eigenvalue weighted by atomic mass is 9.95. The predicted molar refractivity (Wildman–Crippen MR) is 77.6 cm³/mol. The Morgan fingerprint density at radius 2 is 2.11 bits per heavy atom. The van der Waals surface area contributed by atoms with E-state index >= 15 is 0 Å². The number of rotatable bonds is 5. The van der Waals surface area contributed by atoms with E-state index in [1.54, 1.807) is 0 Å². The third-order valence-electron chi connectivity index (χ3n) is 3.36. The Balaban J connectivity index is 2.06. The van der Waals surface area contributed by atoms with Crippen LogP contribution in [0.1, 0.15) is 31.7 Å². The maximum Gasteiger partial charge on any atom is 0.313 e. The number of nitrogens with two attached hydrogens (primary N) is 1. The number of carbonyl (C=O) groups is 1. The highest BCUT2D eigenvalue weighted by molar-refractivity contribution is 7.99. The van der Waals surface area contributed by atoms with Crippen molar-refractivity contribution in [3.8, 4) is 0 Å². The van der Waals surface area contributed by atoms with E-state index in [2.05, 4.69) is 16.5 Å². The van der Waals surface area contributed by atoms with E-state index in [-0.39, 0.29) is 5.75 Å². The van der Waals surface area contributed by atoms with Crippen LogP contribution in [0.5, 0.6) is 0 Å². The maximum atomic E-state index is 10.6. The Labute approximate surface area is 120 Å². The zero-order valence-corrected chi connectivity index (χ0v) is 12.4. The Kier molecular flexibility index (Phi) is 4.98. The van der Waals surface area contributed by atoms with Gasteiger partial charge in [-0.05, 0) is 31.9 Å². The zero-order chi connectivity index (χ0) is 13.8. The van der Waals surface area contributed by atoms with Gasteiger partial charge in [0.25, 0.3) is 0 Å². The van der Waals surface area contributed by atoms with E-state index in [0.29, 0.717) is 17.1 Å². The van der Waals surface area contributed by atoms with Gasteiger partial charge in [0, 0.05) is 11.3 Å². The molecule has 0 atom stereocenters. The lowest BCUT2D eigenvalue weighted by Gasteiger charge is -2.29. The Morgan fingerprint density at radius 1 is 1.42 bits per heavy atom. The molecular weight excluding hydrogens is 284 g/mol. The van der Waals surface area contributed by atoms with Crippen molar-refractivity contribution in [2.45, 2.75) is 42.1 Å². The minimum atomic E-state index is -0.857. The fraction of sp³-hybridized carbons (Fsp3) is 0.727. The normalized spacial score (nSPS) is 23.4. The van der Waals surface area contributed by atoms with Crippen LogP contribution in [0.2, 0.25) is 0 Å². The molecule has 8 heteroatoms. The molecule has 19 heavy (non-hydrogen) atoms. The monoisotopic (exact) mass is 302 g/mol. The first-order chi connectivity index (χ1) is 9.11. The summed E-state index contributed by atoms with van der Waals surface area (Å²) in [5.74, 6) is -0.483. The number of hydrogen-bond acceptors (Lipinski definition) is 6. The number of thioether (sulfide) groups is 2. The molecule has 1 fully saturated rings. The van der Waals surface area contributed by atoms with E-state index in [4.69, 9.17) is 10.8 Å². The third-order valence-corrected chi connectivity index (χ3v) is 5.42. The van der Waals surface area contributed by atoms with Crippen LogP contribution in [0.4, 0.5) is 5.95 Å². The Hall–Kier alpha value is -0.890. The van der Waals surface area contributed by atoms with Crippen LogP contribution >= 0.6 is 23.5 Å². The quantitative estimate of drug-likeness (QED) is 0.802. The van der Waals surface area contributed by atoms with E-state index in [0.717, 1.165) is 30.9 Å². The van der Waals surface area contributed by atoms with Gasteiger partial charge in [0.2, 0.25) is 5.95 Å². The van der Waals surface area contributed by atoms with Crippen LogP contribution in [0.15, 0.2) is 5.16 Å². The number of carboxylic acid groups (broad SMARTS) is 1. The summed E-state index contributed by atoms with van der Waals surface area (Å²) in [5.41, 5.74) is 5.87. The molecule has 0 amide bonds. The van der Waals surface area contributed by atoms with Crippen molar-refractivity contribution in [1.82, 2.24) is 14.8 Å². The summed E-state index contributed by atoms with van der Waals surface area (Å²) in [4.78, 5) is 10.6. The fourth-order valence-corrected chi connectivity index (χ4v) is 3.87. The van der Waals surface area contributed by atoms with Gasteiger partial charge >= 0.3 is 5.97 Å². The van der Waals surface area contributed by atoms with Crippen molar-refractivity contribution in [1.29, 1.82) is 0 Å². The minimum absolute atomic E-state index is 0.0156. The number of carboxylic acids is 1. The number of nitrogens with zero attached hydrogens (tertiary/aromatic N) is 3. The maximum absolute atomic E-state index is 10.6. The van der Waals surface area contributed by atoms with E-state index in [1.807, 2.05) is 16.3 Å². The molecule has 1 aromatic rings. The van der Waals surface area contributed by atoms with Crippen LogP contribution in [-0.2, 0) is 4.79 Å². The molecule has 3 N–H and O–H groups in total. The zero-order valence-electron chi connectivity index (χ0n) is 10.8. The second-order valence-electron chi connectivity index (χ2n) is 4.56. The third kappa shape index (κ3) is 3.56. The topological polar surface area (TPSA) is 94.0 Å².